The molecule has 0 spiro atoms. The molecule has 0 bridgehead atoms. The van der Waals surface area contributed by atoms with Crippen molar-refractivity contribution in [2.45, 2.75) is 32.0 Å². The van der Waals surface area contributed by atoms with E-state index in [0.29, 0.717) is 31.6 Å². The maximum absolute atomic E-state index is 13.8. The molecule has 2 amide bonds. The van der Waals surface area contributed by atoms with Gasteiger partial charge in [-0.15, -0.1) is 0 Å². The van der Waals surface area contributed by atoms with E-state index < -0.39 is 12.1 Å². The van der Waals surface area contributed by atoms with E-state index >= 15 is 0 Å². The van der Waals surface area contributed by atoms with Crippen LogP contribution >= 0.6 is 0 Å². The SMILES string of the molecule is COC(=O)N1CCCC1C(=O)NCc1ccc(F)c(CN(C)C)c1. The lowest BCUT2D eigenvalue weighted by molar-refractivity contribution is -0.125. The van der Waals surface area contributed by atoms with E-state index in [1.165, 1.54) is 18.1 Å². The van der Waals surface area contributed by atoms with Crippen LogP contribution in [0.25, 0.3) is 0 Å². The number of methoxy groups -OCH3 is 1. The zero-order valence-electron chi connectivity index (χ0n) is 14.3. The molecule has 132 valence electrons. The number of hydrogen-bond donors (Lipinski definition) is 1. The summed E-state index contributed by atoms with van der Waals surface area (Å²) < 4.78 is 18.5. The lowest BCUT2D eigenvalue weighted by atomic mass is 10.1. The van der Waals surface area contributed by atoms with Crippen molar-refractivity contribution in [3.63, 3.8) is 0 Å². The standard InChI is InChI=1S/C17H24FN3O3/c1-20(2)11-13-9-12(6-7-14(13)18)10-19-16(22)15-5-4-8-21(15)17(23)24-3/h6-7,9,15H,4-5,8,10-11H2,1-3H3,(H,19,22). The zero-order valence-corrected chi connectivity index (χ0v) is 14.3. The molecule has 1 aromatic rings. The number of ether oxygens (including phenoxy) is 1. The molecule has 1 N–H and O–H groups in total. The summed E-state index contributed by atoms with van der Waals surface area (Å²) in [5.74, 6) is -0.470. The molecule has 24 heavy (non-hydrogen) atoms. The smallest absolute Gasteiger partial charge is 0.410 e. The Bertz CT molecular complexity index is 607. The Morgan fingerprint density at radius 3 is 2.83 bits per heavy atom. The lowest BCUT2D eigenvalue weighted by Crippen LogP contribution is -2.45. The summed E-state index contributed by atoms with van der Waals surface area (Å²) >= 11 is 0. The Labute approximate surface area is 141 Å². The molecule has 1 fully saturated rings. The average Bonchev–Trinajstić information content (AvgIpc) is 3.03. The van der Waals surface area contributed by atoms with Gasteiger partial charge in [0.05, 0.1) is 7.11 Å². The van der Waals surface area contributed by atoms with Gasteiger partial charge in [0.15, 0.2) is 0 Å². The van der Waals surface area contributed by atoms with Crippen LogP contribution in [0.3, 0.4) is 0 Å². The number of carbonyl (C=O) groups excluding carboxylic acids is 2. The van der Waals surface area contributed by atoms with Gasteiger partial charge in [0, 0.05) is 25.2 Å². The minimum Gasteiger partial charge on any atom is -0.453 e. The van der Waals surface area contributed by atoms with Gasteiger partial charge in [0.1, 0.15) is 11.9 Å². The summed E-state index contributed by atoms with van der Waals surface area (Å²) in [6.07, 6.45) is 0.912. The van der Waals surface area contributed by atoms with Crippen molar-refractivity contribution in [3.8, 4) is 0 Å². The highest BCUT2D eigenvalue weighted by molar-refractivity contribution is 5.86. The van der Waals surface area contributed by atoms with Gasteiger partial charge in [-0.05, 0) is 44.6 Å². The van der Waals surface area contributed by atoms with Gasteiger partial charge in [-0.3, -0.25) is 9.69 Å². The van der Waals surface area contributed by atoms with E-state index in [1.54, 1.807) is 12.1 Å². The van der Waals surface area contributed by atoms with Crippen molar-refractivity contribution in [2.24, 2.45) is 0 Å². The number of rotatable bonds is 5. The third-order valence-corrected chi connectivity index (χ3v) is 4.03. The van der Waals surface area contributed by atoms with E-state index in [1.807, 2.05) is 19.0 Å². The fraction of sp³-hybridized carbons (Fsp3) is 0.529. The predicted molar refractivity (Wildman–Crippen MR) is 87.8 cm³/mol. The third kappa shape index (κ3) is 4.44. The molecular weight excluding hydrogens is 313 g/mol. The van der Waals surface area contributed by atoms with Gasteiger partial charge < -0.3 is 15.0 Å². The van der Waals surface area contributed by atoms with Crippen molar-refractivity contribution in [3.05, 3.63) is 35.1 Å². The van der Waals surface area contributed by atoms with Crippen LogP contribution in [0.15, 0.2) is 18.2 Å². The predicted octanol–water partition coefficient (Wildman–Crippen LogP) is 1.73. The fourth-order valence-corrected chi connectivity index (χ4v) is 2.88. The topological polar surface area (TPSA) is 61.9 Å². The molecule has 2 rings (SSSR count). The molecule has 0 aliphatic carbocycles. The zero-order chi connectivity index (χ0) is 17.7. The summed E-state index contributed by atoms with van der Waals surface area (Å²) in [5.41, 5.74) is 1.41. The first-order valence-corrected chi connectivity index (χ1v) is 7.96. The summed E-state index contributed by atoms with van der Waals surface area (Å²) in [6.45, 7) is 1.31. The molecule has 0 saturated carbocycles. The highest BCUT2D eigenvalue weighted by Crippen LogP contribution is 2.18. The Balaban J connectivity index is 1.97. The molecule has 1 heterocycles. The van der Waals surface area contributed by atoms with Crippen LogP contribution < -0.4 is 5.32 Å². The third-order valence-electron chi connectivity index (χ3n) is 4.03. The van der Waals surface area contributed by atoms with Gasteiger partial charge in [-0.2, -0.15) is 0 Å². The number of nitrogens with one attached hydrogen (secondary N) is 1. The van der Waals surface area contributed by atoms with Crippen LogP contribution in [0.5, 0.6) is 0 Å². The fourth-order valence-electron chi connectivity index (χ4n) is 2.88. The number of carbonyl (C=O) groups is 2. The van der Waals surface area contributed by atoms with Crippen molar-refractivity contribution in [2.75, 3.05) is 27.7 Å². The van der Waals surface area contributed by atoms with Crippen LogP contribution in [0.2, 0.25) is 0 Å². The van der Waals surface area contributed by atoms with Crippen molar-refractivity contribution >= 4 is 12.0 Å². The molecule has 1 aromatic carbocycles. The maximum atomic E-state index is 13.8. The quantitative estimate of drug-likeness (QED) is 0.889. The molecule has 0 aromatic heterocycles. The highest BCUT2D eigenvalue weighted by atomic mass is 19.1. The summed E-state index contributed by atoms with van der Waals surface area (Å²) in [7, 11) is 5.05. The minimum absolute atomic E-state index is 0.212. The normalized spacial score (nSPS) is 17.2. The summed E-state index contributed by atoms with van der Waals surface area (Å²) in [4.78, 5) is 27.3. The average molecular weight is 337 g/mol. The molecular formula is C17H24FN3O3. The monoisotopic (exact) mass is 337 g/mol. The van der Waals surface area contributed by atoms with Crippen LogP contribution in [0.1, 0.15) is 24.0 Å². The van der Waals surface area contributed by atoms with Crippen LogP contribution in [0, 0.1) is 5.82 Å². The number of likely N-dealkylation sites (tertiary alicyclic amines) is 1. The number of halogens is 1. The first-order valence-electron chi connectivity index (χ1n) is 7.96. The first kappa shape index (κ1) is 18.2. The summed E-state index contributed by atoms with van der Waals surface area (Å²) in [5, 5.41) is 2.83. The molecule has 1 unspecified atom stereocenters. The van der Waals surface area contributed by atoms with Crippen LogP contribution in [0.4, 0.5) is 9.18 Å². The second-order valence-corrected chi connectivity index (χ2v) is 6.20. The van der Waals surface area contributed by atoms with E-state index in [4.69, 9.17) is 4.74 Å². The summed E-state index contributed by atoms with van der Waals surface area (Å²) in [6, 6.07) is 4.32. The number of benzene rings is 1. The van der Waals surface area contributed by atoms with Gasteiger partial charge >= 0.3 is 6.09 Å². The van der Waals surface area contributed by atoms with Gasteiger partial charge in [0.25, 0.3) is 0 Å². The van der Waals surface area contributed by atoms with Crippen LogP contribution in [-0.2, 0) is 22.6 Å². The Morgan fingerprint density at radius 1 is 1.42 bits per heavy atom. The lowest BCUT2D eigenvalue weighted by Gasteiger charge is -2.22. The van der Waals surface area contributed by atoms with E-state index in [-0.39, 0.29) is 11.7 Å². The van der Waals surface area contributed by atoms with Crippen molar-refractivity contribution in [1.29, 1.82) is 0 Å². The molecule has 1 atom stereocenters. The molecule has 6 nitrogen and oxygen atoms in total. The van der Waals surface area contributed by atoms with Crippen molar-refractivity contribution in [1.82, 2.24) is 15.1 Å². The van der Waals surface area contributed by atoms with Gasteiger partial charge in [-0.25, -0.2) is 9.18 Å². The van der Waals surface area contributed by atoms with E-state index in [0.717, 1.165) is 12.0 Å². The Morgan fingerprint density at radius 2 is 2.17 bits per heavy atom. The van der Waals surface area contributed by atoms with E-state index in [2.05, 4.69) is 5.32 Å². The second kappa shape index (κ2) is 8.10. The Hall–Kier alpha value is -2.15. The van der Waals surface area contributed by atoms with Gasteiger partial charge in [-0.1, -0.05) is 6.07 Å². The Kier molecular flexibility index (Phi) is 6.14. The molecule has 7 heteroatoms. The van der Waals surface area contributed by atoms with Crippen molar-refractivity contribution < 1.29 is 18.7 Å². The van der Waals surface area contributed by atoms with Gasteiger partial charge in [0.2, 0.25) is 5.91 Å². The number of hydrogen-bond acceptors (Lipinski definition) is 4. The highest BCUT2D eigenvalue weighted by Gasteiger charge is 2.34. The number of amides is 2. The molecule has 0 radical (unpaired) electrons. The molecule has 1 aliphatic rings. The second-order valence-electron chi connectivity index (χ2n) is 6.20. The minimum atomic E-state index is -0.501. The number of nitrogens with zero attached hydrogens (tertiary/aromatic N) is 2. The molecule has 1 aliphatic heterocycles. The molecule has 1 saturated heterocycles. The van der Waals surface area contributed by atoms with Crippen LogP contribution in [-0.4, -0.2) is 55.6 Å². The van der Waals surface area contributed by atoms with E-state index in [9.17, 15) is 14.0 Å². The largest absolute Gasteiger partial charge is 0.453 e. The maximum Gasteiger partial charge on any atom is 0.410 e. The first-order chi connectivity index (χ1) is 11.4.